The Bertz CT molecular complexity index is 393. The first kappa shape index (κ1) is 14.4. The molecule has 1 aromatic carbocycles. The van der Waals surface area contributed by atoms with E-state index < -0.39 is 0 Å². The molecule has 0 radical (unpaired) electrons. The average molecular weight is 248 g/mol. The molecule has 0 aromatic heterocycles. The zero-order valence-corrected chi connectivity index (χ0v) is 11.1. The van der Waals surface area contributed by atoms with Crippen LogP contribution in [-0.2, 0) is 4.79 Å². The molecule has 1 rings (SSSR count). The van der Waals surface area contributed by atoms with Crippen LogP contribution >= 0.6 is 0 Å². The fourth-order valence-electron chi connectivity index (χ4n) is 1.71. The Hall–Kier alpha value is -1.64. The molecule has 0 aliphatic heterocycles. The van der Waals surface area contributed by atoms with E-state index in [2.05, 4.69) is 0 Å². The van der Waals surface area contributed by atoms with Gasteiger partial charge >= 0.3 is 0 Å². The number of rotatable bonds is 8. The van der Waals surface area contributed by atoms with Gasteiger partial charge in [0.2, 0.25) is 0 Å². The van der Waals surface area contributed by atoms with E-state index in [-0.39, 0.29) is 11.6 Å². The number of ketones is 2. The highest BCUT2D eigenvalue weighted by Crippen LogP contribution is 2.14. The van der Waals surface area contributed by atoms with Crippen LogP contribution in [0.2, 0.25) is 0 Å². The lowest BCUT2D eigenvalue weighted by Gasteiger charge is -2.04. The molecule has 0 aliphatic carbocycles. The van der Waals surface area contributed by atoms with Crippen molar-refractivity contribution in [2.75, 3.05) is 6.61 Å². The van der Waals surface area contributed by atoms with Crippen molar-refractivity contribution in [3.63, 3.8) is 0 Å². The zero-order chi connectivity index (χ0) is 13.4. The van der Waals surface area contributed by atoms with Crippen LogP contribution < -0.4 is 4.74 Å². The van der Waals surface area contributed by atoms with E-state index in [1.54, 1.807) is 19.1 Å². The molecule has 0 aliphatic rings. The van der Waals surface area contributed by atoms with Crippen LogP contribution in [0.3, 0.4) is 0 Å². The number of ether oxygens (including phenoxy) is 1. The molecule has 0 amide bonds. The Labute approximate surface area is 108 Å². The molecule has 0 atom stereocenters. The predicted octanol–water partition coefficient (Wildman–Crippen LogP) is 3.42. The summed E-state index contributed by atoms with van der Waals surface area (Å²) in [6.07, 6.45) is 2.63. The van der Waals surface area contributed by atoms with E-state index in [1.807, 2.05) is 19.1 Å². The summed E-state index contributed by atoms with van der Waals surface area (Å²) >= 11 is 0. The second-order valence-electron chi connectivity index (χ2n) is 4.29. The van der Waals surface area contributed by atoms with Gasteiger partial charge in [0, 0.05) is 18.4 Å². The van der Waals surface area contributed by atoms with Crippen molar-refractivity contribution in [1.82, 2.24) is 0 Å². The van der Waals surface area contributed by atoms with E-state index in [1.165, 1.54) is 0 Å². The van der Waals surface area contributed by atoms with Crippen molar-refractivity contribution in [2.45, 2.75) is 39.5 Å². The lowest BCUT2D eigenvalue weighted by Crippen LogP contribution is -2.00. The minimum Gasteiger partial charge on any atom is -0.494 e. The number of hydrogen-bond acceptors (Lipinski definition) is 3. The van der Waals surface area contributed by atoms with Crippen molar-refractivity contribution in [2.24, 2.45) is 0 Å². The molecule has 18 heavy (non-hydrogen) atoms. The molecule has 3 nitrogen and oxygen atoms in total. The summed E-state index contributed by atoms with van der Waals surface area (Å²) in [4.78, 5) is 22.6. The van der Waals surface area contributed by atoms with Crippen molar-refractivity contribution >= 4 is 11.6 Å². The molecule has 3 heteroatoms. The zero-order valence-electron chi connectivity index (χ0n) is 11.1. The van der Waals surface area contributed by atoms with Crippen LogP contribution in [0.15, 0.2) is 24.3 Å². The van der Waals surface area contributed by atoms with Gasteiger partial charge in [-0.15, -0.1) is 0 Å². The standard InChI is InChI=1S/C15H20O3/c1-3-18-14-10-8-13(9-11-14)15(17)7-5-4-6-12(2)16/h8-11H,3-7H2,1-2H3. The summed E-state index contributed by atoms with van der Waals surface area (Å²) in [7, 11) is 0. The van der Waals surface area contributed by atoms with Gasteiger partial charge < -0.3 is 9.53 Å². The van der Waals surface area contributed by atoms with Gasteiger partial charge in [0.05, 0.1) is 6.61 Å². The SMILES string of the molecule is CCOc1ccc(C(=O)CCCCC(C)=O)cc1. The highest BCUT2D eigenvalue weighted by Gasteiger charge is 2.06. The number of Topliss-reactive ketones (excluding diaryl/α,β-unsaturated/α-hetero) is 2. The maximum atomic E-state index is 11.8. The molecule has 0 bridgehead atoms. The van der Waals surface area contributed by atoms with Crippen molar-refractivity contribution < 1.29 is 14.3 Å². The van der Waals surface area contributed by atoms with Crippen molar-refractivity contribution in [3.05, 3.63) is 29.8 Å². The van der Waals surface area contributed by atoms with E-state index in [9.17, 15) is 9.59 Å². The number of benzene rings is 1. The van der Waals surface area contributed by atoms with Gasteiger partial charge in [-0.2, -0.15) is 0 Å². The predicted molar refractivity (Wildman–Crippen MR) is 71.1 cm³/mol. The van der Waals surface area contributed by atoms with Gasteiger partial charge in [0.1, 0.15) is 11.5 Å². The van der Waals surface area contributed by atoms with E-state index in [4.69, 9.17) is 4.74 Å². The van der Waals surface area contributed by atoms with Crippen LogP contribution in [-0.4, -0.2) is 18.2 Å². The maximum Gasteiger partial charge on any atom is 0.162 e. The quantitative estimate of drug-likeness (QED) is 0.523. The second-order valence-corrected chi connectivity index (χ2v) is 4.29. The van der Waals surface area contributed by atoms with Crippen LogP contribution in [0.25, 0.3) is 0 Å². The molecule has 0 unspecified atom stereocenters. The van der Waals surface area contributed by atoms with Gasteiger partial charge in [-0.05, 0) is 51.0 Å². The first-order chi connectivity index (χ1) is 8.63. The molecule has 0 spiro atoms. The van der Waals surface area contributed by atoms with Gasteiger partial charge in [-0.25, -0.2) is 0 Å². The molecule has 0 saturated heterocycles. The number of carbonyl (C=O) groups excluding carboxylic acids is 2. The third-order valence-electron chi connectivity index (χ3n) is 2.67. The average Bonchev–Trinajstić information content (AvgIpc) is 2.35. The second kappa shape index (κ2) is 7.64. The highest BCUT2D eigenvalue weighted by molar-refractivity contribution is 5.96. The Kier molecular flexibility index (Phi) is 6.12. The summed E-state index contributed by atoms with van der Waals surface area (Å²) in [6.45, 7) is 4.13. The summed E-state index contributed by atoms with van der Waals surface area (Å²) in [5, 5.41) is 0. The van der Waals surface area contributed by atoms with E-state index >= 15 is 0 Å². The first-order valence-corrected chi connectivity index (χ1v) is 6.39. The lowest BCUT2D eigenvalue weighted by molar-refractivity contribution is -0.117. The van der Waals surface area contributed by atoms with Crippen LogP contribution in [0.5, 0.6) is 5.75 Å². The summed E-state index contributed by atoms with van der Waals surface area (Å²) in [5.74, 6) is 1.09. The highest BCUT2D eigenvalue weighted by atomic mass is 16.5. The maximum absolute atomic E-state index is 11.8. The monoisotopic (exact) mass is 248 g/mol. The summed E-state index contributed by atoms with van der Waals surface area (Å²) < 4.78 is 5.32. The largest absolute Gasteiger partial charge is 0.494 e. The van der Waals surface area contributed by atoms with Gasteiger partial charge in [0.25, 0.3) is 0 Å². The van der Waals surface area contributed by atoms with Gasteiger partial charge in [-0.1, -0.05) is 0 Å². The fraction of sp³-hybridized carbons (Fsp3) is 0.467. The Balaban J connectivity index is 2.39. The smallest absolute Gasteiger partial charge is 0.162 e. The third kappa shape index (κ3) is 5.13. The molecule has 0 N–H and O–H groups in total. The topological polar surface area (TPSA) is 43.4 Å². The fourth-order valence-corrected chi connectivity index (χ4v) is 1.71. The normalized spacial score (nSPS) is 10.1. The van der Waals surface area contributed by atoms with E-state index in [0.717, 1.165) is 18.6 Å². The summed E-state index contributed by atoms with van der Waals surface area (Å²) in [6, 6.07) is 7.20. The van der Waals surface area contributed by atoms with Gasteiger partial charge in [0.15, 0.2) is 5.78 Å². The van der Waals surface area contributed by atoms with Crippen molar-refractivity contribution in [3.8, 4) is 5.75 Å². The molecular weight excluding hydrogens is 228 g/mol. The van der Waals surface area contributed by atoms with Crippen molar-refractivity contribution in [1.29, 1.82) is 0 Å². The first-order valence-electron chi connectivity index (χ1n) is 6.39. The minimum atomic E-state index is 0.126. The molecule has 0 heterocycles. The van der Waals surface area contributed by atoms with Crippen LogP contribution in [0.1, 0.15) is 49.9 Å². The summed E-state index contributed by atoms with van der Waals surface area (Å²) in [5.41, 5.74) is 0.710. The molecule has 0 saturated carbocycles. The molecule has 98 valence electrons. The van der Waals surface area contributed by atoms with Crippen LogP contribution in [0, 0.1) is 0 Å². The van der Waals surface area contributed by atoms with Crippen LogP contribution in [0.4, 0.5) is 0 Å². The molecular formula is C15H20O3. The third-order valence-corrected chi connectivity index (χ3v) is 2.67. The molecule has 0 fully saturated rings. The lowest BCUT2D eigenvalue weighted by atomic mass is 10.0. The van der Waals surface area contributed by atoms with E-state index in [0.29, 0.717) is 25.0 Å². The Morgan fingerprint density at radius 1 is 1.06 bits per heavy atom. The molecule has 1 aromatic rings. The Morgan fingerprint density at radius 3 is 2.22 bits per heavy atom. The number of carbonyl (C=O) groups is 2. The Morgan fingerprint density at radius 2 is 1.67 bits per heavy atom. The minimum absolute atomic E-state index is 0.126. The number of unbranched alkanes of at least 4 members (excludes halogenated alkanes) is 1. The van der Waals surface area contributed by atoms with Gasteiger partial charge in [-0.3, -0.25) is 4.79 Å². The number of hydrogen-bond donors (Lipinski definition) is 0.